The molecule has 0 unspecified atom stereocenters. The number of anilines is 1. The van der Waals surface area contributed by atoms with Crippen LogP contribution in [0, 0.1) is 11.3 Å². The van der Waals surface area contributed by atoms with Crippen LogP contribution < -0.4 is 15.4 Å². The molecule has 1 heterocycles. The van der Waals surface area contributed by atoms with Gasteiger partial charge in [0.05, 0.1) is 29.6 Å². The molecule has 4 rings (SSSR count). The lowest BCUT2D eigenvalue weighted by Crippen LogP contribution is -2.48. The Kier molecular flexibility index (Phi) is 12.8. The molecule has 226 valence electrons. The molecule has 0 aliphatic carbocycles. The maximum Gasteiger partial charge on any atom is 0.234 e. The topological polar surface area (TPSA) is 110 Å². The van der Waals surface area contributed by atoms with Gasteiger partial charge >= 0.3 is 0 Å². The van der Waals surface area contributed by atoms with Gasteiger partial charge in [-0.15, -0.1) is 11.8 Å². The van der Waals surface area contributed by atoms with Crippen molar-refractivity contribution in [2.75, 3.05) is 58.0 Å². The predicted octanol–water partition coefficient (Wildman–Crippen LogP) is 5.57. The van der Waals surface area contributed by atoms with E-state index in [0.717, 1.165) is 60.0 Å². The van der Waals surface area contributed by atoms with Crippen LogP contribution in [0.5, 0.6) is 11.5 Å². The van der Waals surface area contributed by atoms with E-state index in [2.05, 4.69) is 45.3 Å². The van der Waals surface area contributed by atoms with Gasteiger partial charge < -0.3 is 20.3 Å². The lowest BCUT2D eigenvalue weighted by Gasteiger charge is -2.31. The van der Waals surface area contributed by atoms with Crippen molar-refractivity contribution in [3.8, 4) is 17.6 Å². The fourth-order valence-electron chi connectivity index (χ4n) is 4.18. The Hall–Kier alpha value is -4.17. The van der Waals surface area contributed by atoms with Gasteiger partial charge in [0.25, 0.3) is 0 Å². The third-order valence-corrected chi connectivity index (χ3v) is 7.87. The molecule has 0 atom stereocenters. The molecule has 0 spiro atoms. The SMILES string of the molecule is C=Nc1ccc(Oc2cccc(NC)c2)cc1SCNC(=O)CN1CCN(C)CC1.CC(C)(C#N)c1cccc(C=O)c1. The molecule has 1 aliphatic heterocycles. The van der Waals surface area contributed by atoms with Gasteiger partial charge in [0.2, 0.25) is 5.91 Å². The number of amides is 1. The molecule has 9 nitrogen and oxygen atoms in total. The summed E-state index contributed by atoms with van der Waals surface area (Å²) in [7, 11) is 3.98. The van der Waals surface area contributed by atoms with Crippen LogP contribution in [0.2, 0.25) is 0 Å². The molecule has 1 saturated heterocycles. The third kappa shape index (κ3) is 10.6. The van der Waals surface area contributed by atoms with Crippen LogP contribution in [-0.2, 0) is 10.2 Å². The van der Waals surface area contributed by atoms with Gasteiger partial charge in [-0.25, -0.2) is 0 Å². The Morgan fingerprint density at radius 2 is 1.81 bits per heavy atom. The van der Waals surface area contributed by atoms with Crippen molar-refractivity contribution >= 4 is 42.0 Å². The quantitative estimate of drug-likeness (QED) is 0.127. The van der Waals surface area contributed by atoms with E-state index in [1.54, 1.807) is 18.2 Å². The largest absolute Gasteiger partial charge is 0.457 e. The molecule has 1 aliphatic rings. The average molecular weight is 601 g/mol. The number of ether oxygens (including phenoxy) is 1. The highest BCUT2D eigenvalue weighted by atomic mass is 32.2. The highest BCUT2D eigenvalue weighted by molar-refractivity contribution is 7.99. The van der Waals surface area contributed by atoms with E-state index in [0.29, 0.717) is 23.7 Å². The van der Waals surface area contributed by atoms with Gasteiger partial charge in [0.1, 0.15) is 17.8 Å². The Labute approximate surface area is 258 Å². The fraction of sp³-hybridized carbons (Fsp3) is 0.333. The second-order valence-corrected chi connectivity index (χ2v) is 11.6. The Morgan fingerprint density at radius 3 is 2.49 bits per heavy atom. The number of nitrogens with zero attached hydrogens (tertiary/aromatic N) is 4. The molecule has 10 heteroatoms. The molecule has 0 aromatic heterocycles. The number of aliphatic imine (C=N–C) groups is 1. The van der Waals surface area contributed by atoms with Crippen molar-refractivity contribution in [3.05, 3.63) is 77.9 Å². The summed E-state index contributed by atoms with van der Waals surface area (Å²) in [6.45, 7) is 11.6. The minimum absolute atomic E-state index is 0.0384. The van der Waals surface area contributed by atoms with Crippen molar-refractivity contribution in [1.29, 1.82) is 5.26 Å². The van der Waals surface area contributed by atoms with Gasteiger partial charge in [0, 0.05) is 55.4 Å². The Bertz CT molecular complexity index is 1430. The second kappa shape index (κ2) is 16.5. The number of piperazine rings is 1. The molecule has 0 saturated carbocycles. The zero-order chi connectivity index (χ0) is 31.2. The third-order valence-electron chi connectivity index (χ3n) is 6.94. The van der Waals surface area contributed by atoms with E-state index in [-0.39, 0.29) is 5.91 Å². The average Bonchev–Trinajstić information content (AvgIpc) is 3.02. The van der Waals surface area contributed by atoms with Crippen LogP contribution in [0.15, 0.2) is 76.6 Å². The summed E-state index contributed by atoms with van der Waals surface area (Å²) in [5.74, 6) is 1.96. The first-order chi connectivity index (χ1) is 20.7. The second-order valence-electron chi connectivity index (χ2n) is 10.6. The molecule has 3 aromatic rings. The number of likely N-dealkylation sites (N-methyl/N-ethyl adjacent to an activating group) is 1. The zero-order valence-electron chi connectivity index (χ0n) is 25.3. The van der Waals surface area contributed by atoms with Crippen LogP contribution in [0.1, 0.15) is 29.8 Å². The van der Waals surface area contributed by atoms with Gasteiger partial charge in [-0.05, 0) is 69.6 Å². The molecule has 0 bridgehead atoms. The molecule has 43 heavy (non-hydrogen) atoms. The van der Waals surface area contributed by atoms with E-state index in [1.165, 1.54) is 11.8 Å². The summed E-state index contributed by atoms with van der Waals surface area (Å²) < 4.78 is 5.98. The summed E-state index contributed by atoms with van der Waals surface area (Å²) in [5, 5.41) is 15.0. The van der Waals surface area contributed by atoms with Crippen molar-refractivity contribution < 1.29 is 14.3 Å². The lowest BCUT2D eigenvalue weighted by molar-refractivity contribution is -0.122. The maximum absolute atomic E-state index is 12.3. The summed E-state index contributed by atoms with van der Waals surface area (Å²) in [5.41, 5.74) is 2.71. The number of rotatable bonds is 11. The van der Waals surface area contributed by atoms with Gasteiger partial charge in [-0.1, -0.05) is 24.3 Å². The van der Waals surface area contributed by atoms with Crippen molar-refractivity contribution in [1.82, 2.24) is 15.1 Å². The number of aldehydes is 1. The van der Waals surface area contributed by atoms with Crippen molar-refractivity contribution in [2.45, 2.75) is 24.2 Å². The Balaban J connectivity index is 0.000000326. The van der Waals surface area contributed by atoms with Crippen molar-refractivity contribution in [3.63, 3.8) is 0 Å². The summed E-state index contributed by atoms with van der Waals surface area (Å²) in [6, 6.07) is 22.7. The predicted molar refractivity (Wildman–Crippen MR) is 175 cm³/mol. The zero-order valence-corrected chi connectivity index (χ0v) is 26.1. The van der Waals surface area contributed by atoms with E-state index in [4.69, 9.17) is 10.00 Å². The first-order valence-corrected chi connectivity index (χ1v) is 15.0. The minimum Gasteiger partial charge on any atom is -0.457 e. The lowest BCUT2D eigenvalue weighted by atomic mass is 9.86. The molecule has 0 radical (unpaired) electrons. The summed E-state index contributed by atoms with van der Waals surface area (Å²) in [4.78, 5) is 32.2. The summed E-state index contributed by atoms with van der Waals surface area (Å²) in [6.07, 6.45) is 0.789. The van der Waals surface area contributed by atoms with Gasteiger partial charge in [-0.2, -0.15) is 5.26 Å². The highest BCUT2D eigenvalue weighted by Crippen LogP contribution is 2.34. The van der Waals surface area contributed by atoms with Crippen LogP contribution in [0.4, 0.5) is 11.4 Å². The number of benzene rings is 3. The van der Waals surface area contributed by atoms with Gasteiger partial charge in [-0.3, -0.25) is 19.5 Å². The van der Waals surface area contributed by atoms with Crippen LogP contribution >= 0.6 is 11.8 Å². The monoisotopic (exact) mass is 600 g/mol. The number of hydrogen-bond donors (Lipinski definition) is 2. The molecule has 1 amide bonds. The fourth-order valence-corrected chi connectivity index (χ4v) is 5.05. The maximum atomic E-state index is 12.3. The molecule has 3 aromatic carbocycles. The first-order valence-electron chi connectivity index (χ1n) is 14.0. The van der Waals surface area contributed by atoms with E-state index >= 15 is 0 Å². The molecule has 1 fully saturated rings. The highest BCUT2D eigenvalue weighted by Gasteiger charge is 2.19. The van der Waals surface area contributed by atoms with Gasteiger partial charge in [0.15, 0.2) is 0 Å². The number of nitrogens with one attached hydrogen (secondary N) is 2. The smallest absolute Gasteiger partial charge is 0.234 e. The number of nitriles is 1. The molecular formula is C33H40N6O3S. The standard InChI is InChI=1S/C22H29N5O2S.C11H11NO/c1-23-17-5-4-6-18(13-17)29-19-7-8-20(24-2)21(14-19)30-16-25-22(28)15-27-11-9-26(3)10-12-27;1-11(2,8-12)10-5-3-4-9(6-10)7-13/h4-8,13-14,23H,2,9-12,15-16H2,1,3H3,(H,25,28);3-7H,1-2H3. The number of hydrogen-bond acceptors (Lipinski definition) is 9. The molecular weight excluding hydrogens is 560 g/mol. The number of carbonyl (C=O) groups excluding carboxylic acids is 2. The van der Waals surface area contributed by atoms with E-state index < -0.39 is 5.41 Å². The normalized spacial score (nSPS) is 13.6. The number of thioether (sulfide) groups is 1. The summed E-state index contributed by atoms with van der Waals surface area (Å²) >= 11 is 1.51. The van der Waals surface area contributed by atoms with Crippen molar-refractivity contribution in [2.24, 2.45) is 4.99 Å². The van der Waals surface area contributed by atoms with Crippen LogP contribution in [0.3, 0.4) is 0 Å². The van der Waals surface area contributed by atoms with Crippen LogP contribution in [0.25, 0.3) is 0 Å². The van der Waals surface area contributed by atoms with E-state index in [9.17, 15) is 9.59 Å². The molecule has 2 N–H and O–H groups in total. The first kappa shape index (κ1) is 33.3. The Morgan fingerprint density at radius 1 is 1.09 bits per heavy atom. The van der Waals surface area contributed by atoms with Crippen LogP contribution in [-0.4, -0.2) is 81.4 Å². The number of carbonyl (C=O) groups is 2. The minimum atomic E-state index is -0.529. The van der Waals surface area contributed by atoms with E-state index in [1.807, 2.05) is 69.4 Å².